The van der Waals surface area contributed by atoms with E-state index in [0.717, 1.165) is 11.4 Å². The molecule has 2 aromatic rings. The molecule has 2 aromatic heterocycles. The molecule has 29 heavy (non-hydrogen) atoms. The van der Waals surface area contributed by atoms with Crippen molar-refractivity contribution in [3.63, 3.8) is 0 Å². The minimum Gasteiger partial charge on any atom is -0.505 e. The molecule has 1 saturated heterocycles. The second-order valence-electron chi connectivity index (χ2n) is 7.38. The summed E-state index contributed by atoms with van der Waals surface area (Å²) >= 11 is 0. The lowest BCUT2D eigenvalue weighted by Gasteiger charge is -2.35. The van der Waals surface area contributed by atoms with Crippen LogP contribution in [0.3, 0.4) is 0 Å². The van der Waals surface area contributed by atoms with Gasteiger partial charge in [-0.2, -0.15) is 5.10 Å². The van der Waals surface area contributed by atoms with Crippen molar-refractivity contribution in [2.45, 2.75) is 39.3 Å². The van der Waals surface area contributed by atoms with Crippen LogP contribution in [0.2, 0.25) is 0 Å². The van der Waals surface area contributed by atoms with Crippen molar-refractivity contribution in [2.75, 3.05) is 19.6 Å². The van der Waals surface area contributed by atoms with E-state index in [9.17, 15) is 19.8 Å². The fraction of sp³-hybridized carbons (Fsp3) is 0.500. The van der Waals surface area contributed by atoms with Gasteiger partial charge in [0, 0.05) is 38.1 Å². The highest BCUT2D eigenvalue weighted by Crippen LogP contribution is 2.22. The van der Waals surface area contributed by atoms with Crippen LogP contribution in [0.15, 0.2) is 24.4 Å². The first-order valence-electron chi connectivity index (χ1n) is 9.77. The number of aromatic hydroxyl groups is 1. The first-order chi connectivity index (χ1) is 13.9. The highest BCUT2D eigenvalue weighted by atomic mass is 16.3. The minimum absolute atomic E-state index is 0.0482. The predicted octanol–water partition coefficient (Wildman–Crippen LogP) is 0.630. The Morgan fingerprint density at radius 3 is 2.83 bits per heavy atom. The van der Waals surface area contributed by atoms with Gasteiger partial charge in [0.1, 0.15) is 5.75 Å². The van der Waals surface area contributed by atoms with Crippen molar-refractivity contribution in [1.29, 1.82) is 0 Å². The molecule has 2 atom stereocenters. The normalized spacial score (nSPS) is 19.2. The Morgan fingerprint density at radius 1 is 1.34 bits per heavy atom. The van der Waals surface area contributed by atoms with E-state index < -0.39 is 17.9 Å². The van der Waals surface area contributed by atoms with Crippen molar-refractivity contribution < 1.29 is 19.8 Å². The van der Waals surface area contributed by atoms with Crippen LogP contribution in [0, 0.1) is 19.8 Å². The lowest BCUT2D eigenvalue weighted by Crippen LogP contribution is -2.51. The molecule has 9 heteroatoms. The van der Waals surface area contributed by atoms with E-state index in [-0.39, 0.29) is 23.9 Å². The lowest BCUT2D eigenvalue weighted by atomic mass is 9.93. The number of carbonyl (C=O) groups is 2. The van der Waals surface area contributed by atoms with Gasteiger partial charge < -0.3 is 20.4 Å². The van der Waals surface area contributed by atoms with E-state index in [1.54, 1.807) is 0 Å². The number of aliphatic hydroxyl groups is 1. The zero-order valence-electron chi connectivity index (χ0n) is 16.7. The van der Waals surface area contributed by atoms with Gasteiger partial charge in [0.05, 0.1) is 17.7 Å². The van der Waals surface area contributed by atoms with E-state index >= 15 is 0 Å². The van der Waals surface area contributed by atoms with Gasteiger partial charge in [0.25, 0.3) is 5.91 Å². The standard InChI is InChI=1S/C20H27N5O4/c1-13-11-14(2)25(23-13)9-4-8-22-19(28)15-12-24(10-6-16(15)26)20(29)18-17(27)5-3-7-21-18/h3,5,7,11,15-16,26-27H,4,6,8-10,12H2,1-2H3,(H,22,28)/t15-,16+/m0/s1. The summed E-state index contributed by atoms with van der Waals surface area (Å²) in [6.45, 7) is 5.46. The monoisotopic (exact) mass is 401 g/mol. The third-order valence-electron chi connectivity index (χ3n) is 5.14. The summed E-state index contributed by atoms with van der Waals surface area (Å²) in [4.78, 5) is 30.6. The molecule has 0 spiro atoms. The number of aliphatic hydroxyl groups excluding tert-OH is 1. The molecule has 0 aromatic carbocycles. The van der Waals surface area contributed by atoms with Gasteiger partial charge in [-0.25, -0.2) is 4.98 Å². The molecule has 0 saturated carbocycles. The summed E-state index contributed by atoms with van der Waals surface area (Å²) in [5.41, 5.74) is 1.98. The Labute approximate surface area is 169 Å². The molecule has 3 N–H and O–H groups in total. The Balaban J connectivity index is 1.53. The highest BCUT2D eigenvalue weighted by molar-refractivity contribution is 5.95. The van der Waals surface area contributed by atoms with E-state index in [2.05, 4.69) is 15.4 Å². The summed E-state index contributed by atoms with van der Waals surface area (Å²) in [6, 6.07) is 4.93. The largest absolute Gasteiger partial charge is 0.505 e. The summed E-state index contributed by atoms with van der Waals surface area (Å²) in [6.07, 6.45) is 1.62. The molecule has 3 heterocycles. The highest BCUT2D eigenvalue weighted by Gasteiger charge is 2.36. The number of aryl methyl sites for hydroxylation is 3. The number of carbonyl (C=O) groups excluding carboxylic acids is 2. The molecule has 1 aliphatic rings. The molecule has 0 radical (unpaired) electrons. The van der Waals surface area contributed by atoms with Crippen LogP contribution in [-0.4, -0.2) is 67.4 Å². The zero-order chi connectivity index (χ0) is 21.0. The second kappa shape index (κ2) is 9.04. The number of nitrogens with one attached hydrogen (secondary N) is 1. The number of likely N-dealkylation sites (tertiary alicyclic amines) is 1. The Bertz CT molecular complexity index is 882. The van der Waals surface area contributed by atoms with Gasteiger partial charge in [-0.05, 0) is 44.9 Å². The number of piperidine rings is 1. The number of hydrogen-bond acceptors (Lipinski definition) is 6. The average Bonchev–Trinajstić information content (AvgIpc) is 3.02. The summed E-state index contributed by atoms with van der Waals surface area (Å²) in [7, 11) is 0. The van der Waals surface area contributed by atoms with Crippen molar-refractivity contribution in [2.24, 2.45) is 5.92 Å². The molecule has 2 amide bonds. The van der Waals surface area contributed by atoms with Crippen LogP contribution >= 0.6 is 0 Å². The van der Waals surface area contributed by atoms with Gasteiger partial charge in [-0.3, -0.25) is 14.3 Å². The molecule has 0 unspecified atom stereocenters. The van der Waals surface area contributed by atoms with E-state index in [1.165, 1.54) is 23.2 Å². The number of nitrogens with zero attached hydrogens (tertiary/aromatic N) is 4. The van der Waals surface area contributed by atoms with Gasteiger partial charge >= 0.3 is 0 Å². The predicted molar refractivity (Wildman–Crippen MR) is 105 cm³/mol. The lowest BCUT2D eigenvalue weighted by molar-refractivity contribution is -0.130. The van der Waals surface area contributed by atoms with E-state index in [4.69, 9.17) is 0 Å². The maximum atomic E-state index is 12.6. The van der Waals surface area contributed by atoms with Gasteiger partial charge in [-0.15, -0.1) is 0 Å². The third kappa shape index (κ3) is 4.92. The van der Waals surface area contributed by atoms with E-state index in [0.29, 0.717) is 32.5 Å². The molecule has 0 bridgehead atoms. The number of hydrogen-bond donors (Lipinski definition) is 3. The summed E-state index contributed by atoms with van der Waals surface area (Å²) in [5.74, 6) is -1.65. The average molecular weight is 401 g/mol. The van der Waals surface area contributed by atoms with Crippen molar-refractivity contribution >= 4 is 11.8 Å². The van der Waals surface area contributed by atoms with Crippen LogP contribution < -0.4 is 5.32 Å². The molecule has 156 valence electrons. The van der Waals surface area contributed by atoms with Crippen LogP contribution in [0.5, 0.6) is 5.75 Å². The topological polar surface area (TPSA) is 121 Å². The van der Waals surface area contributed by atoms with Crippen molar-refractivity contribution in [1.82, 2.24) is 25.0 Å². The Hall–Kier alpha value is -2.94. The number of pyridine rings is 1. The third-order valence-corrected chi connectivity index (χ3v) is 5.14. The molecule has 9 nitrogen and oxygen atoms in total. The maximum absolute atomic E-state index is 12.6. The second-order valence-corrected chi connectivity index (χ2v) is 7.38. The zero-order valence-corrected chi connectivity index (χ0v) is 16.7. The fourth-order valence-corrected chi connectivity index (χ4v) is 3.57. The van der Waals surface area contributed by atoms with E-state index in [1.807, 2.05) is 24.6 Å². The molecule has 3 rings (SSSR count). The molecule has 1 aliphatic heterocycles. The Kier molecular flexibility index (Phi) is 6.48. The van der Waals surface area contributed by atoms with Crippen LogP contribution in [-0.2, 0) is 11.3 Å². The fourth-order valence-electron chi connectivity index (χ4n) is 3.57. The van der Waals surface area contributed by atoms with Crippen molar-refractivity contribution in [3.05, 3.63) is 41.5 Å². The minimum atomic E-state index is -0.813. The number of amides is 2. The van der Waals surface area contributed by atoms with Gasteiger partial charge in [-0.1, -0.05) is 0 Å². The summed E-state index contributed by atoms with van der Waals surface area (Å²) in [5, 5.41) is 27.3. The quantitative estimate of drug-likeness (QED) is 0.611. The van der Waals surface area contributed by atoms with Crippen LogP contribution in [0.4, 0.5) is 0 Å². The summed E-state index contributed by atoms with van der Waals surface area (Å²) < 4.78 is 1.90. The SMILES string of the molecule is Cc1cc(C)n(CCCNC(=O)[C@H]2CN(C(=O)c3ncccc3O)CC[C@H]2O)n1. The van der Waals surface area contributed by atoms with Gasteiger partial charge in [0.2, 0.25) is 5.91 Å². The maximum Gasteiger partial charge on any atom is 0.276 e. The smallest absolute Gasteiger partial charge is 0.276 e. The molecular weight excluding hydrogens is 374 g/mol. The Morgan fingerprint density at radius 2 is 2.14 bits per heavy atom. The molecular formula is C20H27N5O4. The van der Waals surface area contributed by atoms with Crippen molar-refractivity contribution in [3.8, 4) is 5.75 Å². The van der Waals surface area contributed by atoms with Gasteiger partial charge in [0.15, 0.2) is 5.69 Å². The molecule has 1 fully saturated rings. The molecule has 0 aliphatic carbocycles. The van der Waals surface area contributed by atoms with Crippen LogP contribution in [0.1, 0.15) is 34.7 Å². The first-order valence-corrected chi connectivity index (χ1v) is 9.77. The number of rotatable bonds is 6. The first kappa shape index (κ1) is 20.8. The van der Waals surface area contributed by atoms with Crippen LogP contribution in [0.25, 0.3) is 0 Å². The number of aromatic nitrogens is 3.